The van der Waals surface area contributed by atoms with Crippen LogP contribution in [0.5, 0.6) is 0 Å². The molecule has 60 valence electrons. The molecule has 0 radical (unpaired) electrons. The van der Waals surface area contributed by atoms with Crippen LogP contribution in [0.2, 0.25) is 0 Å². The number of hydrogen-bond donors (Lipinski definition) is 1. The second kappa shape index (κ2) is 3.18. The zero-order valence-electron chi connectivity index (χ0n) is 5.99. The smallest absolute Gasteiger partial charge is 0.328 e. The van der Waals surface area contributed by atoms with Gasteiger partial charge in [0.1, 0.15) is 0 Å². The molecule has 0 aromatic carbocycles. The van der Waals surface area contributed by atoms with Crippen LogP contribution in [0.25, 0.3) is 0 Å². The molecule has 11 heavy (non-hydrogen) atoms. The molecule has 1 fully saturated rings. The van der Waals surface area contributed by atoms with Crippen molar-refractivity contribution >= 4 is 11.9 Å². The number of carbonyl (C=O) groups excluding carboxylic acids is 1. The highest BCUT2D eigenvalue weighted by atomic mass is 16.4. The maximum Gasteiger partial charge on any atom is 0.328 e. The highest BCUT2D eigenvalue weighted by molar-refractivity contribution is 5.82. The maximum atomic E-state index is 10.7. The highest BCUT2D eigenvalue weighted by Crippen LogP contribution is 2.06. The molecule has 1 N–H and O–H groups in total. The predicted octanol–water partition coefficient (Wildman–Crippen LogP) is -0.140. The predicted molar refractivity (Wildman–Crippen MR) is 38.0 cm³/mol. The summed E-state index contributed by atoms with van der Waals surface area (Å²) in [7, 11) is 0. The Hall–Kier alpha value is -1.32. The van der Waals surface area contributed by atoms with Gasteiger partial charge in [-0.1, -0.05) is 6.08 Å². The minimum absolute atomic E-state index is 0.0973. The van der Waals surface area contributed by atoms with Gasteiger partial charge >= 0.3 is 5.97 Å². The number of aliphatic carboxylic acids is 1. The van der Waals surface area contributed by atoms with Gasteiger partial charge in [0.25, 0.3) is 0 Å². The molecule has 0 saturated carbocycles. The molecule has 0 spiro atoms. The van der Waals surface area contributed by atoms with E-state index in [9.17, 15) is 9.59 Å². The summed E-state index contributed by atoms with van der Waals surface area (Å²) in [6, 6.07) is 0. The van der Waals surface area contributed by atoms with Crippen molar-refractivity contribution in [3.8, 4) is 0 Å². The molecule has 4 nitrogen and oxygen atoms in total. The van der Waals surface area contributed by atoms with Gasteiger partial charge in [0.2, 0.25) is 5.91 Å². The molecule has 0 atom stereocenters. The van der Waals surface area contributed by atoms with E-state index in [2.05, 4.69) is 0 Å². The van der Waals surface area contributed by atoms with Crippen LogP contribution in [0, 0.1) is 0 Å². The fraction of sp³-hybridized carbons (Fsp3) is 0.429. The lowest BCUT2D eigenvalue weighted by Gasteiger charge is -2.29. The van der Waals surface area contributed by atoms with Gasteiger partial charge < -0.3 is 10.0 Å². The Morgan fingerprint density at radius 2 is 2.45 bits per heavy atom. The second-order valence-electron chi connectivity index (χ2n) is 2.33. The molecule has 0 aromatic heterocycles. The Labute approximate surface area is 64.1 Å². The van der Waals surface area contributed by atoms with E-state index in [1.54, 1.807) is 4.90 Å². The number of β-lactam (4-membered cyclic amide) rings is 1. The average Bonchev–Trinajstić information content (AvgIpc) is 1.94. The summed E-state index contributed by atoms with van der Waals surface area (Å²) in [6.45, 7) is 1.17. The van der Waals surface area contributed by atoms with E-state index in [1.807, 2.05) is 0 Å². The summed E-state index contributed by atoms with van der Waals surface area (Å²) in [6.07, 6.45) is 3.12. The van der Waals surface area contributed by atoms with Gasteiger partial charge in [-0.25, -0.2) is 4.79 Å². The van der Waals surface area contributed by atoms with Gasteiger partial charge in [-0.3, -0.25) is 4.79 Å². The zero-order chi connectivity index (χ0) is 8.27. The molecule has 0 aromatic rings. The lowest BCUT2D eigenvalue weighted by Crippen LogP contribution is -2.43. The quantitative estimate of drug-likeness (QED) is 0.456. The van der Waals surface area contributed by atoms with E-state index >= 15 is 0 Å². The fourth-order valence-corrected chi connectivity index (χ4v) is 0.835. The van der Waals surface area contributed by atoms with E-state index in [-0.39, 0.29) is 5.91 Å². The number of nitrogens with zero attached hydrogens (tertiary/aromatic N) is 1. The minimum Gasteiger partial charge on any atom is -0.478 e. The number of rotatable bonds is 3. The van der Waals surface area contributed by atoms with Crippen LogP contribution in [-0.4, -0.2) is 35.0 Å². The van der Waals surface area contributed by atoms with Crippen LogP contribution in [0.1, 0.15) is 6.42 Å². The third-order valence-corrected chi connectivity index (χ3v) is 1.53. The molecule has 1 amide bonds. The van der Waals surface area contributed by atoms with Crippen molar-refractivity contribution in [1.29, 1.82) is 0 Å². The number of carbonyl (C=O) groups is 2. The number of hydrogen-bond acceptors (Lipinski definition) is 2. The summed E-state index contributed by atoms with van der Waals surface area (Å²) in [5.74, 6) is -0.877. The van der Waals surface area contributed by atoms with Gasteiger partial charge in [0.05, 0.1) is 0 Å². The lowest BCUT2D eigenvalue weighted by molar-refractivity contribution is -0.139. The molecule has 1 heterocycles. The number of likely N-dealkylation sites (tertiary alicyclic amines) is 1. The molecular formula is C7H9NO3. The van der Waals surface area contributed by atoms with Gasteiger partial charge in [-0.05, 0) is 0 Å². The van der Waals surface area contributed by atoms with Crippen LogP contribution < -0.4 is 0 Å². The molecule has 1 aliphatic rings. The lowest BCUT2D eigenvalue weighted by atomic mass is 10.2. The van der Waals surface area contributed by atoms with Gasteiger partial charge in [-0.2, -0.15) is 0 Å². The first kappa shape index (κ1) is 7.78. The van der Waals surface area contributed by atoms with Gasteiger partial charge in [0, 0.05) is 25.6 Å². The summed E-state index contributed by atoms with van der Waals surface area (Å²) in [5, 5.41) is 8.19. The fourth-order valence-electron chi connectivity index (χ4n) is 0.835. The molecule has 0 unspecified atom stereocenters. The Kier molecular flexibility index (Phi) is 2.25. The monoisotopic (exact) mass is 155 g/mol. The molecule has 0 bridgehead atoms. The molecule has 4 heteroatoms. The summed E-state index contributed by atoms with van der Waals surface area (Å²) >= 11 is 0. The standard InChI is InChI=1S/C7H9NO3/c9-6-3-5-8(6)4-1-2-7(10)11/h1-2H,3-5H2,(H,10,11). The Morgan fingerprint density at radius 1 is 1.73 bits per heavy atom. The Bertz CT molecular complexity index is 210. The van der Waals surface area contributed by atoms with Crippen molar-refractivity contribution in [2.24, 2.45) is 0 Å². The molecule has 1 rings (SSSR count). The van der Waals surface area contributed by atoms with Gasteiger partial charge in [-0.15, -0.1) is 0 Å². The van der Waals surface area contributed by atoms with Gasteiger partial charge in [0.15, 0.2) is 0 Å². The average molecular weight is 155 g/mol. The van der Waals surface area contributed by atoms with Crippen molar-refractivity contribution in [2.75, 3.05) is 13.1 Å². The number of carboxylic acid groups (broad SMARTS) is 1. The molecule has 1 saturated heterocycles. The van der Waals surface area contributed by atoms with Crippen LogP contribution in [0.3, 0.4) is 0 Å². The Morgan fingerprint density at radius 3 is 2.82 bits per heavy atom. The van der Waals surface area contributed by atoms with E-state index in [4.69, 9.17) is 5.11 Å². The number of carboxylic acids is 1. The largest absolute Gasteiger partial charge is 0.478 e. The Balaban J connectivity index is 2.22. The topological polar surface area (TPSA) is 57.6 Å². The minimum atomic E-state index is -0.974. The van der Waals surface area contributed by atoms with E-state index in [0.29, 0.717) is 13.0 Å². The maximum absolute atomic E-state index is 10.7. The van der Waals surface area contributed by atoms with Crippen molar-refractivity contribution in [3.05, 3.63) is 12.2 Å². The van der Waals surface area contributed by atoms with Crippen molar-refractivity contribution < 1.29 is 14.7 Å². The molecule has 0 aliphatic carbocycles. The summed E-state index contributed by atoms with van der Waals surface area (Å²) in [4.78, 5) is 22.2. The van der Waals surface area contributed by atoms with Crippen LogP contribution in [0.4, 0.5) is 0 Å². The first-order valence-corrected chi connectivity index (χ1v) is 3.37. The van der Waals surface area contributed by atoms with Crippen molar-refractivity contribution in [2.45, 2.75) is 6.42 Å². The first-order valence-electron chi connectivity index (χ1n) is 3.37. The molecular weight excluding hydrogens is 146 g/mol. The van der Waals surface area contributed by atoms with E-state index < -0.39 is 5.97 Å². The third kappa shape index (κ3) is 2.07. The SMILES string of the molecule is O=C(O)C=CCN1CCC1=O. The van der Waals surface area contributed by atoms with E-state index in [1.165, 1.54) is 6.08 Å². The van der Waals surface area contributed by atoms with Crippen molar-refractivity contribution in [3.63, 3.8) is 0 Å². The normalized spacial score (nSPS) is 17.1. The summed E-state index contributed by atoms with van der Waals surface area (Å²) in [5.41, 5.74) is 0. The van der Waals surface area contributed by atoms with Crippen LogP contribution >= 0.6 is 0 Å². The third-order valence-electron chi connectivity index (χ3n) is 1.53. The second-order valence-corrected chi connectivity index (χ2v) is 2.33. The summed E-state index contributed by atoms with van der Waals surface area (Å²) < 4.78 is 0. The number of amides is 1. The molecule has 1 aliphatic heterocycles. The van der Waals surface area contributed by atoms with Crippen LogP contribution in [-0.2, 0) is 9.59 Å². The van der Waals surface area contributed by atoms with E-state index in [0.717, 1.165) is 12.6 Å². The highest BCUT2D eigenvalue weighted by Gasteiger charge is 2.21. The van der Waals surface area contributed by atoms with Crippen LogP contribution in [0.15, 0.2) is 12.2 Å². The first-order chi connectivity index (χ1) is 5.20. The zero-order valence-corrected chi connectivity index (χ0v) is 5.99. The van der Waals surface area contributed by atoms with Crippen molar-refractivity contribution in [1.82, 2.24) is 4.90 Å².